The Morgan fingerprint density at radius 2 is 2.17 bits per heavy atom. The van der Waals surface area contributed by atoms with E-state index in [0.717, 1.165) is 0 Å². The maximum Gasteiger partial charge on any atom is 0.251 e. The lowest BCUT2D eigenvalue weighted by molar-refractivity contribution is -0.525. The molecule has 0 saturated heterocycles. The number of rotatable bonds is 9. The summed E-state index contributed by atoms with van der Waals surface area (Å²) in [6, 6.07) is -0.133. The van der Waals surface area contributed by atoms with Crippen molar-refractivity contribution in [1.82, 2.24) is 5.43 Å². The van der Waals surface area contributed by atoms with Crippen LogP contribution in [0, 0.1) is 10.1 Å². The standard InChI is InChI=1S/C9H22N6O3/c10-4-3-8(16)6-7(11)2-1-5-13-9(12)14-15(17)18/h7-8,16H,1-6,10-11H2,(H3,12,13,14)/t7-,8+/m0/s1. The predicted octanol–water partition coefficient (Wildman–Crippen LogP) is -1.71. The van der Waals surface area contributed by atoms with E-state index < -0.39 is 11.1 Å². The number of nitro groups is 1. The van der Waals surface area contributed by atoms with Gasteiger partial charge < -0.3 is 22.3 Å². The third kappa shape index (κ3) is 9.75. The van der Waals surface area contributed by atoms with E-state index in [1.165, 1.54) is 0 Å². The minimum atomic E-state index is -0.770. The summed E-state index contributed by atoms with van der Waals surface area (Å²) in [5.41, 5.74) is 18.1. The molecule has 0 aliphatic rings. The molecular weight excluding hydrogens is 240 g/mol. The second-order valence-corrected chi connectivity index (χ2v) is 4.01. The molecule has 9 nitrogen and oxygen atoms in total. The maximum absolute atomic E-state index is 10.0. The number of nitrogens with one attached hydrogen (secondary N) is 1. The molecule has 0 amide bonds. The van der Waals surface area contributed by atoms with Crippen LogP contribution in [-0.2, 0) is 0 Å². The van der Waals surface area contributed by atoms with Crippen molar-refractivity contribution in [2.24, 2.45) is 22.2 Å². The molecule has 0 unspecified atom stereocenters. The first kappa shape index (κ1) is 16.6. The highest BCUT2D eigenvalue weighted by Gasteiger charge is 2.09. The van der Waals surface area contributed by atoms with Gasteiger partial charge in [0.25, 0.3) is 5.96 Å². The molecule has 0 rings (SSSR count). The minimum Gasteiger partial charge on any atom is -0.393 e. The van der Waals surface area contributed by atoms with Gasteiger partial charge in [0.15, 0.2) is 5.03 Å². The summed E-state index contributed by atoms with van der Waals surface area (Å²) in [6.45, 7) is 0.786. The summed E-state index contributed by atoms with van der Waals surface area (Å²) in [7, 11) is 0. The predicted molar refractivity (Wildman–Crippen MR) is 68.1 cm³/mol. The minimum absolute atomic E-state index is 0.133. The maximum atomic E-state index is 10.0. The number of guanidine groups is 1. The van der Waals surface area contributed by atoms with Crippen LogP contribution in [0.2, 0.25) is 0 Å². The second kappa shape index (κ2) is 9.57. The van der Waals surface area contributed by atoms with Gasteiger partial charge in [0.1, 0.15) is 0 Å². The summed E-state index contributed by atoms with van der Waals surface area (Å²) in [5.74, 6) is -0.225. The molecule has 0 spiro atoms. The van der Waals surface area contributed by atoms with Gasteiger partial charge in [-0.2, -0.15) is 0 Å². The molecule has 8 N–H and O–H groups in total. The van der Waals surface area contributed by atoms with Crippen LogP contribution < -0.4 is 22.6 Å². The van der Waals surface area contributed by atoms with Gasteiger partial charge in [-0.05, 0) is 32.2 Å². The second-order valence-electron chi connectivity index (χ2n) is 4.01. The molecule has 0 aliphatic heterocycles. The van der Waals surface area contributed by atoms with E-state index >= 15 is 0 Å². The van der Waals surface area contributed by atoms with E-state index in [-0.39, 0.29) is 12.0 Å². The lowest BCUT2D eigenvalue weighted by Crippen LogP contribution is -2.36. The van der Waals surface area contributed by atoms with Crippen LogP contribution in [-0.4, -0.2) is 41.3 Å². The van der Waals surface area contributed by atoms with Crippen molar-refractivity contribution in [3.63, 3.8) is 0 Å². The Labute approximate surface area is 106 Å². The van der Waals surface area contributed by atoms with Crippen LogP contribution in [0.5, 0.6) is 0 Å². The molecule has 9 heteroatoms. The first-order valence-corrected chi connectivity index (χ1v) is 5.80. The fourth-order valence-corrected chi connectivity index (χ4v) is 1.46. The van der Waals surface area contributed by atoms with Crippen LogP contribution in [0.15, 0.2) is 4.99 Å². The van der Waals surface area contributed by atoms with Crippen LogP contribution in [0.3, 0.4) is 0 Å². The van der Waals surface area contributed by atoms with E-state index in [1.54, 1.807) is 5.43 Å². The van der Waals surface area contributed by atoms with Crippen molar-refractivity contribution in [1.29, 1.82) is 0 Å². The molecular formula is C9H22N6O3. The third-order valence-electron chi connectivity index (χ3n) is 2.30. The normalized spacial score (nSPS) is 15.2. The van der Waals surface area contributed by atoms with Gasteiger partial charge in [-0.15, -0.1) is 0 Å². The van der Waals surface area contributed by atoms with Crippen molar-refractivity contribution in [3.05, 3.63) is 10.1 Å². The van der Waals surface area contributed by atoms with Crippen molar-refractivity contribution in [2.45, 2.75) is 37.8 Å². The summed E-state index contributed by atoms with van der Waals surface area (Å²) in [5, 5.41) is 18.7. The number of aliphatic hydroxyl groups is 1. The van der Waals surface area contributed by atoms with Gasteiger partial charge >= 0.3 is 0 Å². The molecule has 0 saturated carbocycles. The third-order valence-corrected chi connectivity index (χ3v) is 2.30. The fraction of sp³-hybridized carbons (Fsp3) is 0.889. The number of nitrogens with two attached hydrogens (primary N) is 3. The van der Waals surface area contributed by atoms with Gasteiger partial charge in [0.05, 0.1) is 6.10 Å². The van der Waals surface area contributed by atoms with Crippen molar-refractivity contribution in [3.8, 4) is 0 Å². The van der Waals surface area contributed by atoms with Gasteiger partial charge in [0.2, 0.25) is 0 Å². The molecule has 18 heavy (non-hydrogen) atoms. The molecule has 0 aromatic rings. The molecule has 0 bridgehead atoms. The van der Waals surface area contributed by atoms with Crippen molar-refractivity contribution >= 4 is 5.96 Å². The monoisotopic (exact) mass is 262 g/mol. The van der Waals surface area contributed by atoms with Crippen LogP contribution in [0.1, 0.15) is 25.7 Å². The summed E-state index contributed by atoms with van der Waals surface area (Å²) in [4.78, 5) is 13.8. The SMILES string of the molecule is NCC[C@@H](O)C[C@@H](N)CCCN=C(N)N[N+](=O)[O-]. The van der Waals surface area contributed by atoms with Crippen LogP contribution >= 0.6 is 0 Å². The Bertz CT molecular complexity index is 273. The van der Waals surface area contributed by atoms with Gasteiger partial charge in [0, 0.05) is 12.6 Å². The summed E-state index contributed by atoms with van der Waals surface area (Å²) < 4.78 is 0. The molecule has 106 valence electrons. The number of hydrazine groups is 1. The molecule has 0 fully saturated rings. The molecule has 0 heterocycles. The van der Waals surface area contributed by atoms with Gasteiger partial charge in [-0.25, -0.2) is 15.1 Å². The quantitative estimate of drug-likeness (QED) is 0.108. The van der Waals surface area contributed by atoms with Gasteiger partial charge in [-0.1, -0.05) is 5.43 Å². The highest BCUT2D eigenvalue weighted by molar-refractivity contribution is 5.76. The van der Waals surface area contributed by atoms with E-state index in [2.05, 4.69) is 4.99 Å². The Kier molecular flexibility index (Phi) is 8.80. The lowest BCUT2D eigenvalue weighted by atomic mass is 10.0. The average molecular weight is 262 g/mol. The Morgan fingerprint density at radius 1 is 1.50 bits per heavy atom. The fourth-order valence-electron chi connectivity index (χ4n) is 1.46. The Balaban J connectivity index is 3.67. The first-order valence-electron chi connectivity index (χ1n) is 5.80. The number of aliphatic imine (C=N–C) groups is 1. The number of hydrogen-bond acceptors (Lipinski definition) is 6. The van der Waals surface area contributed by atoms with Crippen molar-refractivity contribution < 1.29 is 10.1 Å². The molecule has 2 atom stereocenters. The van der Waals surface area contributed by atoms with E-state index in [4.69, 9.17) is 17.2 Å². The zero-order valence-corrected chi connectivity index (χ0v) is 10.3. The average Bonchev–Trinajstić information content (AvgIpc) is 2.23. The van der Waals surface area contributed by atoms with E-state index in [1.807, 2.05) is 0 Å². The Hall–Kier alpha value is -1.45. The summed E-state index contributed by atoms with van der Waals surface area (Å²) >= 11 is 0. The zero-order chi connectivity index (χ0) is 14.0. The zero-order valence-electron chi connectivity index (χ0n) is 10.3. The number of aliphatic hydroxyl groups excluding tert-OH is 1. The van der Waals surface area contributed by atoms with Crippen LogP contribution in [0.25, 0.3) is 0 Å². The molecule has 0 aromatic heterocycles. The van der Waals surface area contributed by atoms with E-state index in [9.17, 15) is 15.2 Å². The molecule has 0 aromatic carbocycles. The molecule has 0 radical (unpaired) electrons. The largest absolute Gasteiger partial charge is 0.393 e. The van der Waals surface area contributed by atoms with Gasteiger partial charge in [-0.3, -0.25) is 0 Å². The first-order chi connectivity index (χ1) is 8.45. The number of nitrogens with zero attached hydrogens (tertiary/aromatic N) is 2. The van der Waals surface area contributed by atoms with Crippen molar-refractivity contribution in [2.75, 3.05) is 13.1 Å². The topological polar surface area (TPSA) is 166 Å². The Morgan fingerprint density at radius 3 is 2.72 bits per heavy atom. The smallest absolute Gasteiger partial charge is 0.251 e. The highest BCUT2D eigenvalue weighted by Crippen LogP contribution is 2.05. The lowest BCUT2D eigenvalue weighted by Gasteiger charge is -2.15. The van der Waals surface area contributed by atoms with Crippen LogP contribution in [0.4, 0.5) is 0 Å². The highest BCUT2D eigenvalue weighted by atomic mass is 16.7. The number of hydrogen-bond donors (Lipinski definition) is 5. The van der Waals surface area contributed by atoms with E-state index in [0.29, 0.717) is 38.8 Å². The summed E-state index contributed by atoms with van der Waals surface area (Å²) in [6.07, 6.45) is 1.86. The molecule has 0 aliphatic carbocycles.